The Bertz CT molecular complexity index is 1040. The average Bonchev–Trinajstić information content (AvgIpc) is 3.46. The summed E-state index contributed by atoms with van der Waals surface area (Å²) < 4.78 is 24.9. The van der Waals surface area contributed by atoms with E-state index in [1.165, 1.54) is 0 Å². The van der Waals surface area contributed by atoms with E-state index in [1.807, 2.05) is 8.98 Å². The van der Waals surface area contributed by atoms with Gasteiger partial charge in [-0.05, 0) is 0 Å². The topological polar surface area (TPSA) is 74.3 Å². The molecule has 3 heterocycles. The van der Waals surface area contributed by atoms with E-state index < -0.39 is 18.4 Å². The number of hydrogen-bond donors (Lipinski definition) is 0. The summed E-state index contributed by atoms with van der Waals surface area (Å²) in [6.07, 6.45) is 0. The molecule has 1 amide bonds. The third kappa shape index (κ3) is 3.19. The van der Waals surface area contributed by atoms with Crippen LogP contribution in [0.3, 0.4) is 0 Å². The molecule has 30 heavy (non-hydrogen) atoms. The van der Waals surface area contributed by atoms with Crippen LogP contribution in [0.25, 0.3) is 0 Å². The fraction of sp³-hybridized carbons (Fsp3) is 0.273. The molecule has 3 aliphatic rings. The Morgan fingerprint density at radius 2 is 1.37 bits per heavy atom. The van der Waals surface area contributed by atoms with Crippen LogP contribution < -0.4 is 37.4 Å². The molecule has 5 rings (SSSR count). The number of nitrogens with zero attached hydrogens (tertiary/aromatic N) is 1. The Kier molecular flexibility index (Phi) is 4.80. The second-order valence-electron chi connectivity index (χ2n) is 7.11. The van der Waals surface area contributed by atoms with Crippen LogP contribution in [0.5, 0.6) is 23.0 Å². The Morgan fingerprint density at radius 1 is 0.833 bits per heavy atom. The third-order valence-corrected chi connectivity index (χ3v) is 14.6. The summed E-state index contributed by atoms with van der Waals surface area (Å²) >= 11 is -2.96. The van der Waals surface area contributed by atoms with E-state index in [0.717, 1.165) is 0 Å². The van der Waals surface area contributed by atoms with E-state index in [1.54, 1.807) is 36.4 Å². The second-order valence-corrected chi connectivity index (χ2v) is 16.1. The van der Waals surface area contributed by atoms with Crippen molar-refractivity contribution in [2.75, 3.05) is 35.5 Å². The first-order valence-corrected chi connectivity index (χ1v) is 14.9. The predicted octanol–water partition coefficient (Wildman–Crippen LogP) is -0.256. The number of carbonyl (C=O) groups excluding carboxylic acids is 2. The van der Waals surface area contributed by atoms with Gasteiger partial charge in [-0.2, -0.15) is 0 Å². The number of carbonyl (C=O) groups is 2. The van der Waals surface area contributed by atoms with E-state index in [4.69, 9.17) is 18.9 Å². The maximum absolute atomic E-state index is 13.4. The molecule has 3 aliphatic heterocycles. The van der Waals surface area contributed by atoms with Crippen molar-refractivity contribution in [2.24, 2.45) is 0 Å². The molecule has 158 valence electrons. The van der Waals surface area contributed by atoms with Gasteiger partial charge in [0.2, 0.25) is 0 Å². The molecule has 0 spiro atoms. The molecule has 7 nitrogen and oxygen atoms in total. The number of alkyl halides is 2. The Morgan fingerprint density at radius 3 is 1.97 bits per heavy atom. The van der Waals surface area contributed by atoms with Gasteiger partial charge in [-0.15, -0.1) is 0 Å². The molecule has 0 unspecified atom stereocenters. The van der Waals surface area contributed by atoms with Gasteiger partial charge in [0.05, 0.1) is 0 Å². The van der Waals surface area contributed by atoms with Crippen LogP contribution in [0.15, 0.2) is 47.1 Å². The van der Waals surface area contributed by atoms with Gasteiger partial charge in [-0.3, -0.25) is 0 Å². The number of rotatable bonds is 4. The van der Waals surface area contributed by atoms with Gasteiger partial charge < -0.3 is 0 Å². The van der Waals surface area contributed by atoms with Crippen LogP contribution in [0.1, 0.15) is 20.7 Å². The van der Waals surface area contributed by atoms with E-state index in [-0.39, 0.29) is 23.3 Å². The summed E-state index contributed by atoms with van der Waals surface area (Å²) in [5, 5.41) is 0. The van der Waals surface area contributed by atoms with Crippen molar-refractivity contribution in [2.45, 2.75) is 0 Å². The van der Waals surface area contributed by atoms with Crippen molar-refractivity contribution in [3.8, 4) is 23.0 Å². The SMILES string of the molecule is C=C[I-]1(C(=O)c2ccc3c(c2)OCO3)CCN(C(=O)c2ccc3c(c2)OCO3)CC1. The molecule has 0 aromatic heterocycles. The second kappa shape index (κ2) is 7.50. The number of ether oxygens (including phenoxy) is 4. The van der Waals surface area contributed by atoms with E-state index in [9.17, 15) is 9.59 Å². The Labute approximate surface area is 178 Å². The molecular formula is C22H21INO6-. The molecule has 2 aromatic carbocycles. The standard InChI is InChI=1S/C22H21INO6/c1-2-23(21(25)15-3-5-17-19(11-15)29-13-27-17)7-9-24(10-8-23)22(26)16-4-6-18-20(12-16)30-14-28-18/h2-6,11-12H,1,7-10,13-14H2/q-1. The van der Waals surface area contributed by atoms with Crippen molar-refractivity contribution in [3.05, 3.63) is 58.2 Å². The first-order valence-electron chi connectivity index (χ1n) is 9.56. The Balaban J connectivity index is 1.31. The zero-order chi connectivity index (χ0) is 20.7. The molecule has 0 N–H and O–H groups in total. The summed E-state index contributed by atoms with van der Waals surface area (Å²) in [5.74, 6) is 2.46. The quantitative estimate of drug-likeness (QED) is 0.313. The predicted molar refractivity (Wildman–Crippen MR) is 105 cm³/mol. The van der Waals surface area contributed by atoms with E-state index >= 15 is 0 Å². The van der Waals surface area contributed by atoms with Crippen molar-refractivity contribution in [1.29, 1.82) is 0 Å². The van der Waals surface area contributed by atoms with Crippen LogP contribution in [-0.2, 0) is 0 Å². The molecule has 0 saturated carbocycles. The molecule has 2 aromatic rings. The molecular weight excluding hydrogens is 501 g/mol. The molecule has 0 aliphatic carbocycles. The van der Waals surface area contributed by atoms with Crippen LogP contribution in [0.4, 0.5) is 0 Å². The van der Waals surface area contributed by atoms with Gasteiger partial charge in [-0.25, -0.2) is 0 Å². The number of benzene rings is 2. The van der Waals surface area contributed by atoms with Crippen LogP contribution >= 0.6 is 0 Å². The average molecular weight is 522 g/mol. The Hall–Kier alpha value is -2.75. The van der Waals surface area contributed by atoms with E-state index in [2.05, 4.69) is 6.58 Å². The summed E-state index contributed by atoms with van der Waals surface area (Å²) in [6, 6.07) is 10.6. The minimum atomic E-state index is -2.96. The van der Waals surface area contributed by atoms with Gasteiger partial charge in [-0.1, -0.05) is 0 Å². The number of halogens is 1. The number of hydrogen-bond acceptors (Lipinski definition) is 6. The number of amides is 1. The molecule has 0 radical (unpaired) electrons. The van der Waals surface area contributed by atoms with Crippen LogP contribution in [0.2, 0.25) is 0 Å². The maximum atomic E-state index is 13.4. The number of fused-ring (bicyclic) bond motifs is 2. The zero-order valence-electron chi connectivity index (χ0n) is 16.3. The van der Waals surface area contributed by atoms with Crippen molar-refractivity contribution in [1.82, 2.24) is 4.90 Å². The molecule has 0 atom stereocenters. The molecule has 1 fully saturated rings. The zero-order valence-corrected chi connectivity index (χ0v) is 18.4. The van der Waals surface area contributed by atoms with Crippen LogP contribution in [0, 0.1) is 0 Å². The van der Waals surface area contributed by atoms with Crippen molar-refractivity contribution < 1.29 is 47.0 Å². The summed E-state index contributed by atoms with van der Waals surface area (Å²) in [5.41, 5.74) is 1.21. The molecule has 8 heteroatoms. The summed E-state index contributed by atoms with van der Waals surface area (Å²) in [6.45, 7) is 5.46. The summed E-state index contributed by atoms with van der Waals surface area (Å²) in [4.78, 5) is 28.2. The van der Waals surface area contributed by atoms with E-state index in [0.29, 0.717) is 56.1 Å². The fourth-order valence-electron chi connectivity index (χ4n) is 3.76. The first-order chi connectivity index (χ1) is 14.6. The van der Waals surface area contributed by atoms with Gasteiger partial charge in [0.15, 0.2) is 0 Å². The monoisotopic (exact) mass is 522 g/mol. The van der Waals surface area contributed by atoms with Crippen molar-refractivity contribution >= 4 is 9.70 Å². The fourth-order valence-corrected chi connectivity index (χ4v) is 11.0. The van der Waals surface area contributed by atoms with Gasteiger partial charge in [0.25, 0.3) is 0 Å². The van der Waals surface area contributed by atoms with Gasteiger partial charge in [0, 0.05) is 0 Å². The molecule has 1 saturated heterocycles. The molecule has 0 bridgehead atoms. The normalized spacial score (nSPS) is 19.3. The van der Waals surface area contributed by atoms with Gasteiger partial charge in [0.1, 0.15) is 0 Å². The third-order valence-electron chi connectivity index (χ3n) is 5.53. The van der Waals surface area contributed by atoms with Gasteiger partial charge >= 0.3 is 178 Å². The van der Waals surface area contributed by atoms with Crippen LogP contribution in [-0.4, -0.2) is 50.1 Å². The first kappa shape index (κ1) is 19.2. The van der Waals surface area contributed by atoms with Crippen molar-refractivity contribution in [3.63, 3.8) is 0 Å². The summed E-state index contributed by atoms with van der Waals surface area (Å²) in [7, 11) is 0. The minimum absolute atomic E-state index is 0.0532.